The predicted octanol–water partition coefficient (Wildman–Crippen LogP) is 2.32. The van der Waals surface area contributed by atoms with Gasteiger partial charge in [-0.25, -0.2) is 0 Å². The van der Waals surface area contributed by atoms with Gasteiger partial charge in [-0.05, 0) is 31.8 Å². The molecular formula is C16H35IN4O. The summed E-state index contributed by atoms with van der Waals surface area (Å²) in [6, 6.07) is 0.614. The van der Waals surface area contributed by atoms with Crippen LogP contribution >= 0.6 is 24.0 Å². The summed E-state index contributed by atoms with van der Waals surface area (Å²) in [4.78, 5) is 6.95. The predicted molar refractivity (Wildman–Crippen MR) is 105 cm³/mol. The van der Waals surface area contributed by atoms with Crippen molar-refractivity contribution in [1.29, 1.82) is 0 Å². The quantitative estimate of drug-likeness (QED) is 0.257. The van der Waals surface area contributed by atoms with Crippen molar-refractivity contribution < 1.29 is 4.74 Å². The zero-order chi connectivity index (χ0) is 15.5. The van der Waals surface area contributed by atoms with Crippen LogP contribution in [0, 0.1) is 5.92 Å². The summed E-state index contributed by atoms with van der Waals surface area (Å²) in [6.45, 7) is 9.57. The number of methoxy groups -OCH3 is 1. The molecule has 0 aromatic rings. The van der Waals surface area contributed by atoms with Crippen LogP contribution in [0.5, 0.6) is 0 Å². The van der Waals surface area contributed by atoms with Crippen molar-refractivity contribution in [2.75, 3.05) is 46.9 Å². The van der Waals surface area contributed by atoms with Gasteiger partial charge in [-0.1, -0.05) is 26.7 Å². The Bertz CT molecular complexity index is 290. The van der Waals surface area contributed by atoms with E-state index in [2.05, 4.69) is 34.4 Å². The smallest absolute Gasteiger partial charge is 0.191 e. The number of rotatable bonds is 9. The third-order valence-corrected chi connectivity index (χ3v) is 4.50. The molecule has 0 saturated carbocycles. The summed E-state index contributed by atoms with van der Waals surface area (Å²) in [5.74, 6) is 1.63. The van der Waals surface area contributed by atoms with Crippen molar-refractivity contribution in [2.45, 2.75) is 45.6 Å². The number of likely N-dealkylation sites (tertiary alicyclic amines) is 1. The molecular weight excluding hydrogens is 391 g/mol. The van der Waals surface area contributed by atoms with Crippen LogP contribution in [0.4, 0.5) is 0 Å². The lowest BCUT2D eigenvalue weighted by molar-refractivity contribution is 0.166. The van der Waals surface area contributed by atoms with Gasteiger partial charge in [-0.3, -0.25) is 9.89 Å². The SMILES string of the molecule is CCC(CC)C(CNC(=NC)NCCOC)N1CCCC1.I. The second kappa shape index (κ2) is 13.4. The third kappa shape index (κ3) is 7.46. The molecule has 6 heteroatoms. The molecule has 1 atom stereocenters. The highest BCUT2D eigenvalue weighted by atomic mass is 127. The number of nitrogens with zero attached hydrogens (tertiary/aromatic N) is 2. The summed E-state index contributed by atoms with van der Waals surface area (Å²) in [5.41, 5.74) is 0. The molecule has 22 heavy (non-hydrogen) atoms. The molecule has 0 aliphatic carbocycles. The van der Waals surface area contributed by atoms with E-state index >= 15 is 0 Å². The summed E-state index contributed by atoms with van der Waals surface area (Å²) >= 11 is 0. The molecule has 0 spiro atoms. The minimum absolute atomic E-state index is 0. The Morgan fingerprint density at radius 3 is 2.32 bits per heavy atom. The van der Waals surface area contributed by atoms with Gasteiger partial charge >= 0.3 is 0 Å². The first-order chi connectivity index (χ1) is 10.3. The zero-order valence-electron chi connectivity index (χ0n) is 14.7. The van der Waals surface area contributed by atoms with Crippen LogP contribution < -0.4 is 10.6 Å². The number of halogens is 1. The van der Waals surface area contributed by atoms with Crippen molar-refractivity contribution in [3.8, 4) is 0 Å². The van der Waals surface area contributed by atoms with Crippen LogP contribution in [0.1, 0.15) is 39.5 Å². The van der Waals surface area contributed by atoms with E-state index in [9.17, 15) is 0 Å². The standard InChI is InChI=1S/C16H34N4O.HI/c1-5-14(6-2)15(20-10-7-8-11-20)13-19-16(17-3)18-9-12-21-4;/h14-15H,5-13H2,1-4H3,(H2,17,18,19);1H. The molecule has 1 unspecified atom stereocenters. The Labute approximate surface area is 153 Å². The van der Waals surface area contributed by atoms with E-state index in [1.807, 2.05) is 7.05 Å². The maximum atomic E-state index is 5.06. The lowest BCUT2D eigenvalue weighted by Gasteiger charge is -2.34. The highest BCUT2D eigenvalue weighted by molar-refractivity contribution is 14.0. The first-order valence-electron chi connectivity index (χ1n) is 8.44. The number of hydrogen-bond acceptors (Lipinski definition) is 3. The largest absolute Gasteiger partial charge is 0.383 e. The summed E-state index contributed by atoms with van der Waals surface area (Å²) in [7, 11) is 3.54. The minimum Gasteiger partial charge on any atom is -0.383 e. The van der Waals surface area contributed by atoms with Crippen LogP contribution in [0.2, 0.25) is 0 Å². The topological polar surface area (TPSA) is 48.9 Å². The molecule has 0 bridgehead atoms. The van der Waals surface area contributed by atoms with Gasteiger partial charge in [-0.2, -0.15) is 0 Å². The van der Waals surface area contributed by atoms with Gasteiger partial charge in [-0.15, -0.1) is 24.0 Å². The third-order valence-electron chi connectivity index (χ3n) is 4.50. The van der Waals surface area contributed by atoms with E-state index in [1.165, 1.54) is 38.8 Å². The second-order valence-electron chi connectivity index (χ2n) is 5.76. The molecule has 0 aromatic carbocycles. The maximum Gasteiger partial charge on any atom is 0.191 e. The molecule has 5 nitrogen and oxygen atoms in total. The molecule has 0 amide bonds. The molecule has 0 aromatic heterocycles. The zero-order valence-corrected chi connectivity index (χ0v) is 17.1. The average Bonchev–Trinajstić information content (AvgIpc) is 3.03. The van der Waals surface area contributed by atoms with Gasteiger partial charge in [0.1, 0.15) is 0 Å². The lowest BCUT2D eigenvalue weighted by atomic mass is 9.93. The first-order valence-corrected chi connectivity index (χ1v) is 8.44. The summed E-state index contributed by atoms with van der Waals surface area (Å²) < 4.78 is 5.06. The fourth-order valence-electron chi connectivity index (χ4n) is 3.19. The molecule has 1 aliphatic rings. The molecule has 1 heterocycles. The van der Waals surface area contributed by atoms with Gasteiger partial charge in [0.2, 0.25) is 0 Å². The van der Waals surface area contributed by atoms with E-state index in [0.29, 0.717) is 12.6 Å². The summed E-state index contributed by atoms with van der Waals surface area (Å²) in [6.07, 6.45) is 5.18. The van der Waals surface area contributed by atoms with Crippen LogP contribution in [0.3, 0.4) is 0 Å². The van der Waals surface area contributed by atoms with Crippen molar-refractivity contribution in [1.82, 2.24) is 15.5 Å². The van der Waals surface area contributed by atoms with E-state index in [0.717, 1.165) is 25.0 Å². The molecule has 1 saturated heterocycles. The number of nitrogens with one attached hydrogen (secondary N) is 2. The number of aliphatic imine (C=N–C) groups is 1. The second-order valence-corrected chi connectivity index (χ2v) is 5.76. The van der Waals surface area contributed by atoms with Crippen molar-refractivity contribution in [2.24, 2.45) is 10.9 Å². The van der Waals surface area contributed by atoms with Crippen molar-refractivity contribution >= 4 is 29.9 Å². The first kappa shape index (κ1) is 21.9. The van der Waals surface area contributed by atoms with Gasteiger partial charge in [0.15, 0.2) is 5.96 Å². The molecule has 1 aliphatic heterocycles. The molecule has 132 valence electrons. The van der Waals surface area contributed by atoms with Gasteiger partial charge in [0, 0.05) is 33.3 Å². The molecule has 2 N–H and O–H groups in total. The Morgan fingerprint density at radius 1 is 1.18 bits per heavy atom. The molecule has 1 rings (SSSR count). The molecule has 0 radical (unpaired) electrons. The van der Waals surface area contributed by atoms with Crippen molar-refractivity contribution in [3.05, 3.63) is 0 Å². The normalized spacial score (nSPS) is 17.4. The lowest BCUT2D eigenvalue weighted by Crippen LogP contribution is -2.49. The maximum absolute atomic E-state index is 5.06. The van der Waals surface area contributed by atoms with Gasteiger partial charge in [0.05, 0.1) is 6.61 Å². The fourth-order valence-corrected chi connectivity index (χ4v) is 3.19. The van der Waals surface area contributed by atoms with Crippen molar-refractivity contribution in [3.63, 3.8) is 0 Å². The van der Waals surface area contributed by atoms with Crippen LogP contribution in [-0.4, -0.2) is 63.8 Å². The Balaban J connectivity index is 0.00000441. The Hall–Kier alpha value is -0.0800. The minimum atomic E-state index is 0. The highest BCUT2D eigenvalue weighted by Gasteiger charge is 2.27. The van der Waals surface area contributed by atoms with E-state index in [-0.39, 0.29) is 24.0 Å². The summed E-state index contributed by atoms with van der Waals surface area (Å²) in [5, 5.41) is 6.78. The van der Waals surface area contributed by atoms with E-state index in [1.54, 1.807) is 7.11 Å². The number of guanidine groups is 1. The van der Waals surface area contributed by atoms with Gasteiger partial charge in [0.25, 0.3) is 0 Å². The fraction of sp³-hybridized carbons (Fsp3) is 0.938. The van der Waals surface area contributed by atoms with Crippen LogP contribution in [0.15, 0.2) is 4.99 Å². The Kier molecular flexibility index (Phi) is 13.3. The van der Waals surface area contributed by atoms with Crippen LogP contribution in [-0.2, 0) is 4.74 Å². The number of ether oxygens (including phenoxy) is 1. The average molecular weight is 426 g/mol. The van der Waals surface area contributed by atoms with Crippen LogP contribution in [0.25, 0.3) is 0 Å². The van der Waals surface area contributed by atoms with E-state index in [4.69, 9.17) is 4.74 Å². The molecule has 1 fully saturated rings. The number of hydrogen-bond donors (Lipinski definition) is 2. The highest BCUT2D eigenvalue weighted by Crippen LogP contribution is 2.22. The van der Waals surface area contributed by atoms with E-state index < -0.39 is 0 Å². The monoisotopic (exact) mass is 426 g/mol. The Morgan fingerprint density at radius 2 is 1.82 bits per heavy atom. The van der Waals surface area contributed by atoms with Gasteiger partial charge < -0.3 is 15.4 Å².